The monoisotopic (exact) mass is 217 g/mol. The number of hydrogen-bond acceptors (Lipinski definition) is 3. The Labute approximate surface area is 93.7 Å². The summed E-state index contributed by atoms with van der Waals surface area (Å²) in [5.74, 6) is 1.63. The largest absolute Gasteiger partial charge is 0.386 e. The fraction of sp³-hybridized carbons (Fsp3) is 0.500. The van der Waals surface area contributed by atoms with Crippen LogP contribution in [0.4, 0.5) is 0 Å². The summed E-state index contributed by atoms with van der Waals surface area (Å²) < 4.78 is 0. The van der Waals surface area contributed by atoms with E-state index in [2.05, 4.69) is 15.0 Å². The van der Waals surface area contributed by atoms with Gasteiger partial charge in [-0.25, -0.2) is 9.97 Å². The Balaban J connectivity index is 2.10. The molecule has 2 heterocycles. The number of rotatable bonds is 2. The summed E-state index contributed by atoms with van der Waals surface area (Å²) in [5.41, 5.74) is 1.62. The molecule has 1 aliphatic carbocycles. The van der Waals surface area contributed by atoms with Crippen molar-refractivity contribution in [3.05, 3.63) is 23.7 Å². The van der Waals surface area contributed by atoms with E-state index < -0.39 is 5.60 Å². The molecule has 0 radical (unpaired) electrons. The first kappa shape index (κ1) is 9.78. The van der Waals surface area contributed by atoms with E-state index >= 15 is 0 Å². The van der Waals surface area contributed by atoms with Crippen LogP contribution in [0, 0.1) is 0 Å². The Morgan fingerprint density at radius 2 is 2.19 bits per heavy atom. The van der Waals surface area contributed by atoms with Gasteiger partial charge in [-0.1, -0.05) is 0 Å². The van der Waals surface area contributed by atoms with Gasteiger partial charge in [-0.05, 0) is 32.8 Å². The minimum atomic E-state index is -0.855. The molecule has 0 bridgehead atoms. The Kier molecular flexibility index (Phi) is 1.86. The Morgan fingerprint density at radius 1 is 1.44 bits per heavy atom. The van der Waals surface area contributed by atoms with Crippen molar-refractivity contribution < 1.29 is 5.11 Å². The van der Waals surface area contributed by atoms with Gasteiger partial charge in [-0.2, -0.15) is 0 Å². The molecule has 1 saturated carbocycles. The second-order valence-electron chi connectivity index (χ2n) is 5.05. The summed E-state index contributed by atoms with van der Waals surface area (Å²) in [6.07, 6.45) is 4.14. The molecule has 0 saturated heterocycles. The maximum absolute atomic E-state index is 9.90. The lowest BCUT2D eigenvalue weighted by molar-refractivity contribution is 0.0784. The molecule has 1 aliphatic rings. The van der Waals surface area contributed by atoms with Gasteiger partial charge in [-0.15, -0.1) is 0 Å². The SMILES string of the molecule is CC(C)(O)c1cnc2nc(C3CC3)[nH]c2c1. The zero-order valence-electron chi connectivity index (χ0n) is 9.49. The molecular formula is C12H15N3O. The second-order valence-corrected chi connectivity index (χ2v) is 5.05. The number of hydrogen-bond donors (Lipinski definition) is 2. The summed E-state index contributed by atoms with van der Waals surface area (Å²) >= 11 is 0. The molecular weight excluding hydrogens is 202 g/mol. The van der Waals surface area contributed by atoms with E-state index in [9.17, 15) is 5.11 Å². The summed E-state index contributed by atoms with van der Waals surface area (Å²) in [6, 6.07) is 1.93. The van der Waals surface area contributed by atoms with E-state index in [-0.39, 0.29) is 0 Å². The third kappa shape index (κ3) is 1.59. The van der Waals surface area contributed by atoms with E-state index in [1.54, 1.807) is 20.0 Å². The predicted octanol–water partition coefficient (Wildman–Crippen LogP) is 2.06. The average Bonchev–Trinajstić information content (AvgIpc) is 2.96. The smallest absolute Gasteiger partial charge is 0.177 e. The Morgan fingerprint density at radius 3 is 2.81 bits per heavy atom. The van der Waals surface area contributed by atoms with Gasteiger partial charge < -0.3 is 10.1 Å². The third-order valence-electron chi connectivity index (χ3n) is 3.03. The van der Waals surface area contributed by atoms with Crippen molar-refractivity contribution in [1.82, 2.24) is 15.0 Å². The van der Waals surface area contributed by atoms with Crippen molar-refractivity contribution in [2.75, 3.05) is 0 Å². The molecule has 1 fully saturated rings. The summed E-state index contributed by atoms with van der Waals surface area (Å²) in [6.45, 7) is 3.52. The van der Waals surface area contributed by atoms with Gasteiger partial charge in [0, 0.05) is 17.7 Å². The fourth-order valence-corrected chi connectivity index (χ4v) is 1.80. The maximum atomic E-state index is 9.90. The van der Waals surface area contributed by atoms with Gasteiger partial charge in [-0.3, -0.25) is 0 Å². The van der Waals surface area contributed by atoms with Crippen LogP contribution in [0.15, 0.2) is 12.3 Å². The topological polar surface area (TPSA) is 61.8 Å². The molecule has 0 aromatic carbocycles. The first-order valence-corrected chi connectivity index (χ1v) is 5.62. The molecule has 2 N–H and O–H groups in total. The van der Waals surface area contributed by atoms with Crippen LogP contribution in [-0.4, -0.2) is 20.1 Å². The van der Waals surface area contributed by atoms with Crippen LogP contribution in [0.2, 0.25) is 0 Å². The van der Waals surface area contributed by atoms with Crippen LogP contribution in [0.25, 0.3) is 11.2 Å². The van der Waals surface area contributed by atoms with Gasteiger partial charge in [0.1, 0.15) is 5.82 Å². The number of H-pyrrole nitrogens is 1. The summed E-state index contributed by atoms with van der Waals surface area (Å²) in [4.78, 5) is 12.0. The van der Waals surface area contributed by atoms with Gasteiger partial charge in [0.25, 0.3) is 0 Å². The van der Waals surface area contributed by atoms with Gasteiger partial charge >= 0.3 is 0 Å². The number of aliphatic hydroxyl groups is 1. The quantitative estimate of drug-likeness (QED) is 0.809. The molecule has 0 aliphatic heterocycles. The minimum absolute atomic E-state index is 0.597. The van der Waals surface area contributed by atoms with Gasteiger partial charge in [0.05, 0.1) is 11.1 Å². The molecule has 0 spiro atoms. The van der Waals surface area contributed by atoms with Crippen molar-refractivity contribution in [2.45, 2.75) is 38.2 Å². The van der Waals surface area contributed by atoms with Crippen molar-refractivity contribution in [3.8, 4) is 0 Å². The fourth-order valence-electron chi connectivity index (χ4n) is 1.80. The molecule has 2 aromatic heterocycles. The number of fused-ring (bicyclic) bond motifs is 1. The van der Waals surface area contributed by atoms with Crippen molar-refractivity contribution in [2.24, 2.45) is 0 Å². The zero-order valence-corrected chi connectivity index (χ0v) is 9.49. The molecule has 0 atom stereocenters. The van der Waals surface area contributed by atoms with Crippen LogP contribution in [0.3, 0.4) is 0 Å². The van der Waals surface area contributed by atoms with Crippen LogP contribution in [-0.2, 0) is 5.60 Å². The normalized spacial score (nSPS) is 16.9. The number of aromatic nitrogens is 3. The standard InChI is InChI=1S/C12H15N3O/c1-12(2,16)8-5-9-11(13-6-8)15-10(14-9)7-3-4-7/h5-7,16H,3-4H2,1-2H3,(H,13,14,15). The van der Waals surface area contributed by atoms with Crippen LogP contribution in [0.5, 0.6) is 0 Å². The molecule has 4 nitrogen and oxygen atoms in total. The molecule has 0 amide bonds. The number of aromatic amines is 1. The molecule has 4 heteroatoms. The lowest BCUT2D eigenvalue weighted by Gasteiger charge is -2.16. The van der Waals surface area contributed by atoms with Crippen molar-refractivity contribution in [3.63, 3.8) is 0 Å². The second kappa shape index (κ2) is 3.04. The highest BCUT2D eigenvalue weighted by molar-refractivity contribution is 5.71. The first-order valence-electron chi connectivity index (χ1n) is 5.62. The average molecular weight is 217 g/mol. The van der Waals surface area contributed by atoms with Gasteiger partial charge in [0.15, 0.2) is 5.65 Å². The predicted molar refractivity (Wildman–Crippen MR) is 61.1 cm³/mol. The van der Waals surface area contributed by atoms with Crippen molar-refractivity contribution >= 4 is 11.2 Å². The number of pyridine rings is 1. The highest BCUT2D eigenvalue weighted by Crippen LogP contribution is 2.39. The van der Waals surface area contributed by atoms with E-state index in [1.165, 1.54) is 12.8 Å². The van der Waals surface area contributed by atoms with Crippen molar-refractivity contribution in [1.29, 1.82) is 0 Å². The lowest BCUT2D eigenvalue weighted by Crippen LogP contribution is -2.15. The van der Waals surface area contributed by atoms with Crippen LogP contribution in [0.1, 0.15) is 44.0 Å². The minimum Gasteiger partial charge on any atom is -0.386 e. The Bertz CT molecular complexity index is 535. The zero-order chi connectivity index (χ0) is 11.3. The molecule has 16 heavy (non-hydrogen) atoms. The highest BCUT2D eigenvalue weighted by atomic mass is 16.3. The molecule has 2 aromatic rings. The maximum Gasteiger partial charge on any atom is 0.177 e. The summed E-state index contributed by atoms with van der Waals surface area (Å²) in [5, 5.41) is 9.90. The molecule has 0 unspecified atom stereocenters. The van der Waals surface area contributed by atoms with E-state index in [4.69, 9.17) is 0 Å². The highest BCUT2D eigenvalue weighted by Gasteiger charge is 2.27. The molecule has 3 rings (SSSR count). The van der Waals surface area contributed by atoms with E-state index in [0.717, 1.165) is 22.6 Å². The third-order valence-corrected chi connectivity index (χ3v) is 3.03. The lowest BCUT2D eigenvalue weighted by atomic mass is 10.0. The Hall–Kier alpha value is -1.42. The van der Waals surface area contributed by atoms with Gasteiger partial charge in [0.2, 0.25) is 0 Å². The van der Waals surface area contributed by atoms with Crippen LogP contribution < -0.4 is 0 Å². The summed E-state index contributed by atoms with van der Waals surface area (Å²) in [7, 11) is 0. The van der Waals surface area contributed by atoms with E-state index in [1.807, 2.05) is 6.07 Å². The van der Waals surface area contributed by atoms with E-state index in [0.29, 0.717) is 5.92 Å². The number of nitrogens with one attached hydrogen (secondary N) is 1. The number of imidazole rings is 1. The first-order chi connectivity index (χ1) is 7.54. The van der Waals surface area contributed by atoms with Crippen LogP contribution >= 0.6 is 0 Å². The molecule has 84 valence electrons. The number of nitrogens with zero attached hydrogens (tertiary/aromatic N) is 2.